The highest BCUT2D eigenvalue weighted by Gasteiger charge is 2.22. The Balaban J connectivity index is 1.47. The lowest BCUT2D eigenvalue weighted by molar-refractivity contribution is -0.144. The number of benzene rings is 3. The van der Waals surface area contributed by atoms with E-state index in [1.807, 2.05) is 78.2 Å². The minimum Gasteiger partial charge on any atom is -0.375 e. The molecule has 2 amide bonds. The van der Waals surface area contributed by atoms with Gasteiger partial charge in [0.15, 0.2) is 5.13 Å². The molecule has 0 bridgehead atoms. The predicted octanol–water partition coefficient (Wildman–Crippen LogP) is 4.56. The summed E-state index contributed by atoms with van der Waals surface area (Å²) in [5.74, 6) is -1.27. The summed E-state index contributed by atoms with van der Waals surface area (Å²) < 4.78 is 0. The van der Waals surface area contributed by atoms with Crippen LogP contribution >= 0.6 is 11.3 Å². The molecule has 160 valence electrons. The molecule has 0 unspecified atom stereocenters. The van der Waals surface area contributed by atoms with Crippen molar-refractivity contribution in [3.05, 3.63) is 101 Å². The average Bonchev–Trinajstić information content (AvgIpc) is 3.26. The highest BCUT2D eigenvalue weighted by atomic mass is 32.1. The van der Waals surface area contributed by atoms with Crippen molar-refractivity contribution in [3.63, 3.8) is 0 Å². The molecule has 32 heavy (non-hydrogen) atoms. The Kier molecular flexibility index (Phi) is 6.57. The summed E-state index contributed by atoms with van der Waals surface area (Å²) in [6.07, 6.45) is 0. The quantitative estimate of drug-likeness (QED) is 0.429. The molecule has 0 aliphatic carbocycles. The normalized spacial score (nSPS) is 10.5. The van der Waals surface area contributed by atoms with Crippen molar-refractivity contribution in [3.8, 4) is 11.3 Å². The molecule has 7 heteroatoms. The third kappa shape index (κ3) is 5.39. The predicted molar refractivity (Wildman–Crippen MR) is 128 cm³/mol. The van der Waals surface area contributed by atoms with Crippen LogP contribution < -0.4 is 11.1 Å². The van der Waals surface area contributed by atoms with Crippen molar-refractivity contribution in [1.29, 1.82) is 0 Å². The van der Waals surface area contributed by atoms with Crippen molar-refractivity contribution in [2.75, 3.05) is 11.1 Å². The van der Waals surface area contributed by atoms with E-state index in [2.05, 4.69) is 10.3 Å². The number of nitrogen functional groups attached to an aromatic ring is 1. The van der Waals surface area contributed by atoms with E-state index in [0.29, 0.717) is 23.9 Å². The second-order valence-corrected chi connectivity index (χ2v) is 8.12. The minimum atomic E-state index is -0.678. The number of nitrogens with zero attached hydrogens (tertiary/aromatic N) is 2. The Morgan fingerprint density at radius 2 is 1.41 bits per heavy atom. The van der Waals surface area contributed by atoms with Gasteiger partial charge in [-0.3, -0.25) is 9.59 Å². The van der Waals surface area contributed by atoms with Crippen molar-refractivity contribution < 1.29 is 9.59 Å². The molecule has 0 radical (unpaired) electrons. The van der Waals surface area contributed by atoms with Gasteiger partial charge in [0.1, 0.15) is 0 Å². The molecular weight excluding hydrogens is 420 g/mol. The lowest BCUT2D eigenvalue weighted by Crippen LogP contribution is -2.38. The van der Waals surface area contributed by atoms with Crippen LogP contribution in [-0.4, -0.2) is 21.7 Å². The number of hydrogen-bond acceptors (Lipinski definition) is 5. The molecular formula is C25H22N4O2S. The molecule has 0 spiro atoms. The molecule has 0 aliphatic heterocycles. The Morgan fingerprint density at radius 1 is 0.844 bits per heavy atom. The van der Waals surface area contributed by atoms with Crippen molar-refractivity contribution in [1.82, 2.24) is 9.88 Å². The summed E-state index contributed by atoms with van der Waals surface area (Å²) >= 11 is 1.37. The smallest absolute Gasteiger partial charge is 0.313 e. The van der Waals surface area contributed by atoms with Gasteiger partial charge in [-0.25, -0.2) is 4.98 Å². The van der Waals surface area contributed by atoms with Crippen molar-refractivity contribution >= 4 is 34.0 Å². The van der Waals surface area contributed by atoms with Crippen LogP contribution in [0.3, 0.4) is 0 Å². The Bertz CT molecular complexity index is 1150. The van der Waals surface area contributed by atoms with Crippen LogP contribution in [0.5, 0.6) is 0 Å². The molecule has 3 aromatic carbocycles. The standard InChI is InChI=1S/C25H22N4O2S/c26-25-28-22(17-32-25)20-11-13-21(14-12-20)27-23(30)24(31)29(15-18-7-3-1-4-8-18)16-19-9-5-2-6-10-19/h1-14,17H,15-16H2,(H2,26,28)(H,27,30). The van der Waals surface area contributed by atoms with Crippen LogP contribution in [0.25, 0.3) is 11.3 Å². The number of thiazole rings is 1. The fraction of sp³-hybridized carbons (Fsp3) is 0.0800. The van der Waals surface area contributed by atoms with E-state index < -0.39 is 11.8 Å². The lowest BCUT2D eigenvalue weighted by Gasteiger charge is -2.22. The second-order valence-electron chi connectivity index (χ2n) is 7.23. The number of hydrogen-bond donors (Lipinski definition) is 2. The number of aromatic nitrogens is 1. The van der Waals surface area contributed by atoms with Crippen molar-refractivity contribution in [2.24, 2.45) is 0 Å². The molecule has 0 saturated carbocycles. The summed E-state index contributed by atoms with van der Waals surface area (Å²) in [6.45, 7) is 0.679. The lowest BCUT2D eigenvalue weighted by atomic mass is 10.1. The zero-order chi connectivity index (χ0) is 22.3. The highest BCUT2D eigenvalue weighted by molar-refractivity contribution is 7.13. The molecule has 0 atom stereocenters. The summed E-state index contributed by atoms with van der Waals surface area (Å²) in [6, 6.07) is 26.4. The van der Waals surface area contributed by atoms with Crippen molar-refractivity contribution in [2.45, 2.75) is 13.1 Å². The number of anilines is 2. The molecule has 1 heterocycles. The van der Waals surface area contributed by atoms with Gasteiger partial charge in [-0.05, 0) is 23.3 Å². The van der Waals surface area contributed by atoms with Crippen LogP contribution in [0, 0.1) is 0 Å². The first-order valence-corrected chi connectivity index (χ1v) is 11.0. The third-order valence-electron chi connectivity index (χ3n) is 4.87. The maximum Gasteiger partial charge on any atom is 0.313 e. The first kappa shape index (κ1) is 21.3. The molecule has 4 rings (SSSR count). The minimum absolute atomic E-state index is 0.339. The Labute approximate surface area is 190 Å². The number of nitrogens with one attached hydrogen (secondary N) is 1. The van der Waals surface area contributed by atoms with Gasteiger partial charge in [0.25, 0.3) is 0 Å². The van der Waals surface area contributed by atoms with Gasteiger partial charge in [-0.1, -0.05) is 72.8 Å². The molecule has 0 aliphatic rings. The SMILES string of the molecule is Nc1nc(-c2ccc(NC(=O)C(=O)N(Cc3ccccc3)Cc3ccccc3)cc2)cs1. The molecule has 1 aromatic heterocycles. The Morgan fingerprint density at radius 3 is 1.91 bits per heavy atom. The van der Waals surface area contributed by atoms with E-state index in [-0.39, 0.29) is 0 Å². The van der Waals surface area contributed by atoms with Crippen LogP contribution in [0.4, 0.5) is 10.8 Å². The van der Waals surface area contributed by atoms with E-state index in [9.17, 15) is 9.59 Å². The van der Waals surface area contributed by atoms with Gasteiger partial charge in [-0.2, -0.15) is 0 Å². The van der Waals surface area contributed by atoms with Crippen LogP contribution in [0.1, 0.15) is 11.1 Å². The van der Waals surface area contributed by atoms with Crippen LogP contribution in [-0.2, 0) is 22.7 Å². The summed E-state index contributed by atoms with van der Waals surface area (Å²) in [4.78, 5) is 31.6. The summed E-state index contributed by atoms with van der Waals surface area (Å²) in [5, 5.41) is 5.08. The molecule has 0 fully saturated rings. The average molecular weight is 443 g/mol. The highest BCUT2D eigenvalue weighted by Crippen LogP contribution is 2.24. The summed E-state index contributed by atoms with van der Waals surface area (Å²) in [7, 11) is 0. The molecule has 6 nitrogen and oxygen atoms in total. The number of amides is 2. The molecule has 3 N–H and O–H groups in total. The summed E-state index contributed by atoms with van der Waals surface area (Å²) in [5.41, 5.74) is 9.80. The van der Waals surface area contributed by atoms with Crippen LogP contribution in [0.2, 0.25) is 0 Å². The maximum absolute atomic E-state index is 13.0. The van der Waals surface area contributed by atoms with E-state index in [0.717, 1.165) is 22.4 Å². The zero-order valence-electron chi connectivity index (χ0n) is 17.3. The van der Waals surface area contributed by atoms with Gasteiger partial charge in [-0.15, -0.1) is 11.3 Å². The number of carbonyl (C=O) groups is 2. The van der Waals surface area contributed by atoms with E-state index >= 15 is 0 Å². The first-order chi connectivity index (χ1) is 15.6. The molecule has 4 aromatic rings. The first-order valence-electron chi connectivity index (χ1n) is 10.1. The number of rotatable bonds is 6. The molecule has 0 saturated heterocycles. The fourth-order valence-electron chi connectivity index (χ4n) is 3.28. The topological polar surface area (TPSA) is 88.3 Å². The van der Waals surface area contributed by atoms with Gasteiger partial charge in [0, 0.05) is 29.7 Å². The van der Waals surface area contributed by atoms with E-state index in [1.165, 1.54) is 11.3 Å². The monoisotopic (exact) mass is 442 g/mol. The number of nitrogens with two attached hydrogens (primary N) is 1. The van der Waals surface area contributed by atoms with Crippen LogP contribution in [0.15, 0.2) is 90.3 Å². The number of carbonyl (C=O) groups excluding carboxylic acids is 2. The Hall–Kier alpha value is -3.97. The van der Waals surface area contributed by atoms with Gasteiger partial charge >= 0.3 is 11.8 Å². The second kappa shape index (κ2) is 9.89. The zero-order valence-corrected chi connectivity index (χ0v) is 18.1. The maximum atomic E-state index is 13.0. The third-order valence-corrected chi connectivity index (χ3v) is 5.55. The van der Waals surface area contributed by atoms with E-state index in [1.54, 1.807) is 17.0 Å². The van der Waals surface area contributed by atoms with E-state index in [4.69, 9.17) is 5.73 Å². The van der Waals surface area contributed by atoms with Gasteiger partial charge < -0.3 is 16.0 Å². The van der Waals surface area contributed by atoms with Gasteiger partial charge in [0.2, 0.25) is 0 Å². The largest absolute Gasteiger partial charge is 0.375 e. The van der Waals surface area contributed by atoms with Gasteiger partial charge in [0.05, 0.1) is 5.69 Å². The fourth-order valence-corrected chi connectivity index (χ4v) is 3.85.